The fourth-order valence-electron chi connectivity index (χ4n) is 1.35. The van der Waals surface area contributed by atoms with Gasteiger partial charge in [0.05, 0.1) is 11.9 Å². The molecule has 0 spiro atoms. The van der Waals surface area contributed by atoms with Crippen LogP contribution in [0.15, 0.2) is 6.20 Å². The first-order valence-corrected chi connectivity index (χ1v) is 4.81. The number of nitrogens with one attached hydrogen (secondary N) is 1. The SMILES string of the molecule is Nc1cnsc1N1CCNCC1. The highest BCUT2D eigenvalue weighted by Crippen LogP contribution is 2.27. The van der Waals surface area contributed by atoms with Crippen LogP contribution in [0.2, 0.25) is 0 Å². The highest BCUT2D eigenvalue weighted by molar-refractivity contribution is 7.10. The van der Waals surface area contributed by atoms with Crippen molar-refractivity contribution in [2.75, 3.05) is 36.8 Å². The third-order valence-electron chi connectivity index (χ3n) is 1.98. The van der Waals surface area contributed by atoms with Crippen LogP contribution >= 0.6 is 11.5 Å². The highest BCUT2D eigenvalue weighted by atomic mass is 32.1. The van der Waals surface area contributed by atoms with Gasteiger partial charge in [0, 0.05) is 26.2 Å². The van der Waals surface area contributed by atoms with Gasteiger partial charge >= 0.3 is 0 Å². The zero-order valence-electron chi connectivity index (χ0n) is 6.79. The van der Waals surface area contributed by atoms with Crippen LogP contribution in [-0.4, -0.2) is 30.6 Å². The molecule has 1 aromatic heterocycles. The maximum absolute atomic E-state index is 5.76. The summed E-state index contributed by atoms with van der Waals surface area (Å²) in [6.45, 7) is 4.15. The molecule has 1 aromatic rings. The second kappa shape index (κ2) is 3.28. The lowest BCUT2D eigenvalue weighted by atomic mass is 10.3. The van der Waals surface area contributed by atoms with Crippen LogP contribution < -0.4 is 16.0 Å². The summed E-state index contributed by atoms with van der Waals surface area (Å²) in [7, 11) is 0. The first-order chi connectivity index (χ1) is 5.88. The molecule has 0 bridgehead atoms. The molecule has 1 aliphatic rings. The van der Waals surface area contributed by atoms with E-state index < -0.39 is 0 Å². The molecule has 3 N–H and O–H groups in total. The molecule has 5 heteroatoms. The lowest BCUT2D eigenvalue weighted by Crippen LogP contribution is -2.43. The fourth-order valence-corrected chi connectivity index (χ4v) is 2.07. The van der Waals surface area contributed by atoms with Gasteiger partial charge in [-0.1, -0.05) is 0 Å². The predicted octanol–water partition coefficient (Wildman–Crippen LogP) is 0.135. The van der Waals surface area contributed by atoms with Gasteiger partial charge in [-0.3, -0.25) is 0 Å². The quantitative estimate of drug-likeness (QED) is 0.651. The van der Waals surface area contributed by atoms with Crippen LogP contribution in [0, 0.1) is 0 Å². The van der Waals surface area contributed by atoms with E-state index in [-0.39, 0.29) is 0 Å². The van der Waals surface area contributed by atoms with Crippen LogP contribution in [0.3, 0.4) is 0 Å². The third-order valence-corrected chi connectivity index (χ3v) is 2.86. The number of rotatable bonds is 1. The average Bonchev–Trinajstić information content (AvgIpc) is 2.53. The van der Waals surface area contributed by atoms with Crippen molar-refractivity contribution in [1.29, 1.82) is 0 Å². The number of piperazine rings is 1. The van der Waals surface area contributed by atoms with Crippen LogP contribution in [0.1, 0.15) is 0 Å². The molecule has 2 heterocycles. The molecule has 0 amide bonds. The van der Waals surface area contributed by atoms with E-state index in [1.807, 2.05) is 0 Å². The van der Waals surface area contributed by atoms with Crippen molar-refractivity contribution in [1.82, 2.24) is 9.69 Å². The van der Waals surface area contributed by atoms with E-state index in [4.69, 9.17) is 5.73 Å². The number of aromatic nitrogens is 1. The Labute approximate surface area is 75.5 Å². The summed E-state index contributed by atoms with van der Waals surface area (Å²) in [6, 6.07) is 0. The van der Waals surface area contributed by atoms with Crippen molar-refractivity contribution < 1.29 is 0 Å². The van der Waals surface area contributed by atoms with Gasteiger partial charge in [0.25, 0.3) is 0 Å². The molecule has 0 aliphatic carbocycles. The summed E-state index contributed by atoms with van der Waals surface area (Å²) >= 11 is 1.48. The number of hydrogen-bond acceptors (Lipinski definition) is 5. The Balaban J connectivity index is 2.13. The first-order valence-electron chi connectivity index (χ1n) is 4.04. The standard InChI is InChI=1S/C7H12N4S/c8-6-5-10-12-7(6)11-3-1-9-2-4-11/h5,9H,1-4,8H2. The Morgan fingerprint density at radius 1 is 1.50 bits per heavy atom. The Bertz CT molecular complexity index is 254. The Morgan fingerprint density at radius 3 is 2.83 bits per heavy atom. The number of nitrogens with two attached hydrogens (primary N) is 1. The Morgan fingerprint density at radius 2 is 2.25 bits per heavy atom. The Hall–Kier alpha value is -0.810. The molecule has 0 atom stereocenters. The van der Waals surface area contributed by atoms with Crippen LogP contribution in [-0.2, 0) is 0 Å². The molecular formula is C7H12N4S. The van der Waals surface area contributed by atoms with E-state index in [9.17, 15) is 0 Å². The topological polar surface area (TPSA) is 54.2 Å². The molecule has 0 radical (unpaired) electrons. The zero-order valence-corrected chi connectivity index (χ0v) is 7.60. The largest absolute Gasteiger partial charge is 0.395 e. The third kappa shape index (κ3) is 1.37. The van der Waals surface area contributed by atoms with Gasteiger partial charge in [-0.2, -0.15) is 4.37 Å². The lowest BCUT2D eigenvalue weighted by Gasteiger charge is -2.27. The van der Waals surface area contributed by atoms with Gasteiger partial charge in [-0.25, -0.2) is 0 Å². The number of nitrogen functional groups attached to an aromatic ring is 1. The summed E-state index contributed by atoms with van der Waals surface area (Å²) in [4.78, 5) is 2.28. The molecule has 12 heavy (non-hydrogen) atoms. The van der Waals surface area contributed by atoms with E-state index in [1.54, 1.807) is 6.20 Å². The zero-order chi connectivity index (χ0) is 8.39. The van der Waals surface area contributed by atoms with Crippen molar-refractivity contribution >= 4 is 22.2 Å². The van der Waals surface area contributed by atoms with Crippen molar-refractivity contribution in [3.8, 4) is 0 Å². The number of nitrogens with zero attached hydrogens (tertiary/aromatic N) is 2. The minimum Gasteiger partial charge on any atom is -0.395 e. The van der Waals surface area contributed by atoms with E-state index in [2.05, 4.69) is 14.6 Å². The number of anilines is 2. The summed E-state index contributed by atoms with van der Waals surface area (Å²) in [6.07, 6.45) is 1.72. The Kier molecular flexibility index (Phi) is 2.14. The van der Waals surface area contributed by atoms with Gasteiger partial charge in [0.2, 0.25) is 0 Å². The number of hydrogen-bond donors (Lipinski definition) is 2. The van der Waals surface area contributed by atoms with E-state index in [0.29, 0.717) is 0 Å². The van der Waals surface area contributed by atoms with Crippen LogP contribution in [0.25, 0.3) is 0 Å². The predicted molar refractivity (Wildman–Crippen MR) is 51.6 cm³/mol. The molecule has 4 nitrogen and oxygen atoms in total. The van der Waals surface area contributed by atoms with Gasteiger partial charge in [0.1, 0.15) is 5.00 Å². The lowest BCUT2D eigenvalue weighted by molar-refractivity contribution is 0.592. The van der Waals surface area contributed by atoms with Crippen molar-refractivity contribution in [2.45, 2.75) is 0 Å². The molecule has 66 valence electrons. The van der Waals surface area contributed by atoms with Crippen molar-refractivity contribution in [2.24, 2.45) is 0 Å². The molecule has 1 saturated heterocycles. The van der Waals surface area contributed by atoms with Gasteiger partial charge in [-0.15, -0.1) is 0 Å². The molecular weight excluding hydrogens is 172 g/mol. The van der Waals surface area contributed by atoms with Gasteiger partial charge in [-0.05, 0) is 11.5 Å². The molecule has 2 rings (SSSR count). The highest BCUT2D eigenvalue weighted by Gasteiger charge is 2.14. The smallest absolute Gasteiger partial charge is 0.135 e. The minimum absolute atomic E-state index is 0.807. The second-order valence-corrected chi connectivity index (χ2v) is 3.60. The summed E-state index contributed by atoms with van der Waals surface area (Å²) in [5, 5.41) is 4.42. The molecule has 0 saturated carbocycles. The van der Waals surface area contributed by atoms with Gasteiger partial charge < -0.3 is 16.0 Å². The second-order valence-electron chi connectivity index (χ2n) is 2.82. The molecule has 0 unspecified atom stereocenters. The minimum atomic E-state index is 0.807. The van der Waals surface area contributed by atoms with Crippen molar-refractivity contribution in [3.05, 3.63) is 6.20 Å². The molecule has 1 fully saturated rings. The average molecular weight is 184 g/mol. The fraction of sp³-hybridized carbons (Fsp3) is 0.571. The molecule has 0 aromatic carbocycles. The van der Waals surface area contributed by atoms with E-state index >= 15 is 0 Å². The van der Waals surface area contributed by atoms with Crippen LogP contribution in [0.4, 0.5) is 10.7 Å². The normalized spacial score (nSPS) is 18.2. The van der Waals surface area contributed by atoms with E-state index in [0.717, 1.165) is 36.9 Å². The maximum Gasteiger partial charge on any atom is 0.135 e. The first kappa shape index (κ1) is 7.82. The summed E-state index contributed by atoms with van der Waals surface area (Å²) < 4.78 is 4.05. The van der Waals surface area contributed by atoms with E-state index in [1.165, 1.54) is 11.5 Å². The van der Waals surface area contributed by atoms with Gasteiger partial charge in [0.15, 0.2) is 0 Å². The summed E-state index contributed by atoms with van der Waals surface area (Å²) in [5.41, 5.74) is 6.56. The maximum atomic E-state index is 5.76. The monoisotopic (exact) mass is 184 g/mol. The summed E-state index contributed by atoms with van der Waals surface area (Å²) in [5.74, 6) is 0. The van der Waals surface area contributed by atoms with Crippen LogP contribution in [0.5, 0.6) is 0 Å². The molecule has 1 aliphatic heterocycles. The van der Waals surface area contributed by atoms with Crippen molar-refractivity contribution in [3.63, 3.8) is 0 Å².